The summed E-state index contributed by atoms with van der Waals surface area (Å²) in [4.78, 5) is 4.47. The third-order valence-corrected chi connectivity index (χ3v) is 7.08. The van der Waals surface area contributed by atoms with Crippen molar-refractivity contribution < 1.29 is 13.2 Å². The quantitative estimate of drug-likeness (QED) is 0.811. The Labute approximate surface area is 159 Å². The number of aromatic nitrogens is 1. The Morgan fingerprint density at radius 2 is 1.96 bits per heavy atom. The monoisotopic (exact) mass is 383 g/mol. The number of nitriles is 1. The highest BCUT2D eigenvalue weighted by molar-refractivity contribution is 7.89. The maximum absolute atomic E-state index is 13.0. The standard InChI is InChI=1S/C20H21N3O3S/c21-13-15-7-9-22-20(11-15)26-18-8-10-23(14-18)27(24,25)19-6-5-16-3-1-2-4-17(16)12-19/h5-7,9,11-12,18H,1-4,8,10,14H2. The molecule has 0 amide bonds. The largest absolute Gasteiger partial charge is 0.473 e. The molecule has 1 aromatic carbocycles. The molecule has 1 fully saturated rings. The summed E-state index contributed by atoms with van der Waals surface area (Å²) in [5, 5.41) is 8.96. The highest BCUT2D eigenvalue weighted by Gasteiger charge is 2.34. The van der Waals surface area contributed by atoms with Crippen LogP contribution in [0, 0.1) is 11.3 Å². The van der Waals surface area contributed by atoms with Gasteiger partial charge in [0.25, 0.3) is 0 Å². The van der Waals surface area contributed by atoms with Gasteiger partial charge in [-0.05, 0) is 61.4 Å². The highest BCUT2D eigenvalue weighted by atomic mass is 32.2. The van der Waals surface area contributed by atoms with Gasteiger partial charge in [-0.25, -0.2) is 13.4 Å². The van der Waals surface area contributed by atoms with E-state index >= 15 is 0 Å². The SMILES string of the molecule is N#Cc1ccnc(OC2CCN(S(=O)(=O)c3ccc4c(c3)CCCC4)C2)c1. The molecule has 1 atom stereocenters. The molecule has 2 heterocycles. The number of sulfonamides is 1. The van der Waals surface area contributed by atoms with Crippen molar-refractivity contribution in [3.8, 4) is 11.9 Å². The lowest BCUT2D eigenvalue weighted by molar-refractivity contribution is 0.207. The summed E-state index contributed by atoms with van der Waals surface area (Å²) in [5.41, 5.74) is 2.90. The van der Waals surface area contributed by atoms with E-state index in [0.29, 0.717) is 29.3 Å². The summed E-state index contributed by atoms with van der Waals surface area (Å²) in [6.07, 6.45) is 6.12. The van der Waals surface area contributed by atoms with Crippen LogP contribution < -0.4 is 4.74 Å². The molecule has 2 aliphatic rings. The van der Waals surface area contributed by atoms with Crippen LogP contribution in [0.1, 0.15) is 36.0 Å². The average Bonchev–Trinajstić information content (AvgIpc) is 3.17. The van der Waals surface area contributed by atoms with Gasteiger partial charge in [0.1, 0.15) is 6.10 Å². The fraction of sp³-hybridized carbons (Fsp3) is 0.400. The van der Waals surface area contributed by atoms with Crippen molar-refractivity contribution in [2.45, 2.75) is 43.1 Å². The predicted octanol–water partition coefficient (Wildman–Crippen LogP) is 2.67. The predicted molar refractivity (Wildman–Crippen MR) is 99.8 cm³/mol. The first kappa shape index (κ1) is 18.0. The number of pyridine rings is 1. The molecule has 4 rings (SSSR count). The maximum atomic E-state index is 13.0. The zero-order chi connectivity index (χ0) is 18.9. The molecule has 140 valence electrons. The summed E-state index contributed by atoms with van der Waals surface area (Å²) in [5.74, 6) is 0.354. The molecule has 7 heteroatoms. The molecular weight excluding hydrogens is 362 g/mol. The number of fused-ring (bicyclic) bond motifs is 1. The fourth-order valence-corrected chi connectivity index (χ4v) is 5.28. The summed E-state index contributed by atoms with van der Waals surface area (Å²) in [7, 11) is -3.53. The van der Waals surface area contributed by atoms with Crippen molar-refractivity contribution in [3.63, 3.8) is 0 Å². The van der Waals surface area contributed by atoms with Crippen molar-refractivity contribution in [1.82, 2.24) is 9.29 Å². The number of ether oxygens (including phenoxy) is 1. The number of aryl methyl sites for hydroxylation is 2. The van der Waals surface area contributed by atoms with Gasteiger partial charge in [-0.15, -0.1) is 0 Å². The van der Waals surface area contributed by atoms with Gasteiger partial charge in [0, 0.05) is 18.8 Å². The van der Waals surface area contributed by atoms with Gasteiger partial charge < -0.3 is 4.74 Å². The van der Waals surface area contributed by atoms with Crippen LogP contribution in [0.5, 0.6) is 5.88 Å². The summed E-state index contributed by atoms with van der Waals surface area (Å²) >= 11 is 0. The topological polar surface area (TPSA) is 83.3 Å². The van der Waals surface area contributed by atoms with Gasteiger partial charge in [-0.1, -0.05) is 6.07 Å². The van der Waals surface area contributed by atoms with Crippen LogP contribution in [0.15, 0.2) is 41.4 Å². The summed E-state index contributed by atoms with van der Waals surface area (Å²) < 4.78 is 33.3. The van der Waals surface area contributed by atoms with Crippen LogP contribution in [-0.4, -0.2) is 36.9 Å². The Bertz CT molecular complexity index is 998. The molecule has 6 nitrogen and oxygen atoms in total. The smallest absolute Gasteiger partial charge is 0.243 e. The lowest BCUT2D eigenvalue weighted by Crippen LogP contribution is -2.31. The van der Waals surface area contributed by atoms with E-state index < -0.39 is 10.0 Å². The van der Waals surface area contributed by atoms with Crippen LogP contribution in [-0.2, 0) is 22.9 Å². The van der Waals surface area contributed by atoms with Crippen LogP contribution in [0.25, 0.3) is 0 Å². The van der Waals surface area contributed by atoms with Crippen molar-refractivity contribution in [1.29, 1.82) is 5.26 Å². The lowest BCUT2D eigenvalue weighted by atomic mass is 9.92. The number of nitrogens with zero attached hydrogens (tertiary/aromatic N) is 3. The first-order chi connectivity index (χ1) is 13.1. The second kappa shape index (κ2) is 7.29. The van der Waals surface area contributed by atoms with Crippen molar-refractivity contribution in [3.05, 3.63) is 53.2 Å². The third kappa shape index (κ3) is 3.68. The second-order valence-electron chi connectivity index (χ2n) is 7.02. The van der Waals surface area contributed by atoms with Crippen molar-refractivity contribution in [2.75, 3.05) is 13.1 Å². The molecule has 1 aromatic heterocycles. The lowest BCUT2D eigenvalue weighted by Gasteiger charge is -2.20. The molecule has 0 radical (unpaired) electrons. The van der Waals surface area contributed by atoms with E-state index in [2.05, 4.69) is 4.98 Å². The molecule has 1 aliphatic carbocycles. The van der Waals surface area contributed by atoms with Gasteiger partial charge in [-0.2, -0.15) is 9.57 Å². The van der Waals surface area contributed by atoms with E-state index in [-0.39, 0.29) is 12.6 Å². The van der Waals surface area contributed by atoms with Gasteiger partial charge in [0.05, 0.1) is 23.1 Å². The molecule has 0 bridgehead atoms. The summed E-state index contributed by atoms with van der Waals surface area (Å²) in [6.45, 7) is 0.708. The Morgan fingerprint density at radius 3 is 2.78 bits per heavy atom. The van der Waals surface area contributed by atoms with Crippen LogP contribution >= 0.6 is 0 Å². The molecular formula is C20H21N3O3S. The molecule has 0 spiro atoms. The zero-order valence-corrected chi connectivity index (χ0v) is 15.8. The molecule has 0 N–H and O–H groups in total. The second-order valence-corrected chi connectivity index (χ2v) is 8.96. The van der Waals surface area contributed by atoms with E-state index in [1.165, 1.54) is 22.5 Å². The van der Waals surface area contributed by atoms with Gasteiger partial charge in [0.15, 0.2) is 0 Å². The van der Waals surface area contributed by atoms with Crippen molar-refractivity contribution in [2.24, 2.45) is 0 Å². The first-order valence-electron chi connectivity index (χ1n) is 9.21. The Morgan fingerprint density at radius 1 is 1.15 bits per heavy atom. The first-order valence-corrected chi connectivity index (χ1v) is 10.6. The van der Waals surface area contributed by atoms with E-state index in [1.807, 2.05) is 18.2 Å². The van der Waals surface area contributed by atoms with Crippen molar-refractivity contribution >= 4 is 10.0 Å². The Balaban J connectivity index is 1.48. The zero-order valence-electron chi connectivity index (χ0n) is 15.0. The minimum atomic E-state index is -3.53. The molecule has 2 aromatic rings. The Kier molecular flexibility index (Phi) is 4.85. The van der Waals surface area contributed by atoms with Gasteiger partial charge in [0.2, 0.25) is 15.9 Å². The van der Waals surface area contributed by atoms with E-state index in [1.54, 1.807) is 18.2 Å². The average molecular weight is 383 g/mol. The Hall–Kier alpha value is -2.43. The minimum absolute atomic E-state index is 0.265. The number of hydrogen-bond donors (Lipinski definition) is 0. The number of benzene rings is 1. The van der Waals surface area contributed by atoms with Crippen LogP contribution in [0.3, 0.4) is 0 Å². The maximum Gasteiger partial charge on any atom is 0.243 e. The molecule has 1 unspecified atom stereocenters. The molecule has 0 saturated carbocycles. The van der Waals surface area contributed by atoms with E-state index in [0.717, 1.165) is 24.8 Å². The normalized spacial score (nSPS) is 20.0. The third-order valence-electron chi connectivity index (χ3n) is 5.22. The number of hydrogen-bond acceptors (Lipinski definition) is 5. The van der Waals surface area contributed by atoms with E-state index in [9.17, 15) is 8.42 Å². The highest BCUT2D eigenvalue weighted by Crippen LogP contribution is 2.28. The molecule has 1 aliphatic heterocycles. The molecule has 27 heavy (non-hydrogen) atoms. The van der Waals surface area contributed by atoms with Gasteiger partial charge >= 0.3 is 0 Å². The fourth-order valence-electron chi connectivity index (χ4n) is 3.75. The molecule has 1 saturated heterocycles. The minimum Gasteiger partial charge on any atom is -0.473 e. The van der Waals surface area contributed by atoms with Gasteiger partial charge in [-0.3, -0.25) is 0 Å². The van der Waals surface area contributed by atoms with Crippen LogP contribution in [0.2, 0.25) is 0 Å². The van der Waals surface area contributed by atoms with E-state index in [4.69, 9.17) is 10.00 Å². The van der Waals surface area contributed by atoms with Crippen LogP contribution in [0.4, 0.5) is 0 Å². The summed E-state index contributed by atoms with van der Waals surface area (Å²) in [6, 6.07) is 10.8. The number of rotatable bonds is 4.